The summed E-state index contributed by atoms with van der Waals surface area (Å²) in [6.45, 7) is 0. The van der Waals surface area contributed by atoms with Gasteiger partial charge in [0.25, 0.3) is 0 Å². The van der Waals surface area contributed by atoms with Crippen LogP contribution in [-0.4, -0.2) is 20.0 Å². The summed E-state index contributed by atoms with van der Waals surface area (Å²) >= 11 is 2.84. The first-order valence-corrected chi connectivity index (χ1v) is 6.10. The van der Waals surface area contributed by atoms with Crippen molar-refractivity contribution < 1.29 is 17.9 Å². The fourth-order valence-electron chi connectivity index (χ4n) is 1.65. The molecule has 0 aliphatic rings. The van der Waals surface area contributed by atoms with E-state index in [1.54, 1.807) is 0 Å². The third-order valence-corrected chi connectivity index (χ3v) is 3.13. The van der Waals surface area contributed by atoms with E-state index < -0.39 is 17.4 Å². The smallest absolute Gasteiger partial charge is 0.379 e. The Bertz CT molecular complexity index is 864. The van der Waals surface area contributed by atoms with E-state index in [0.29, 0.717) is 0 Å². The Hall–Kier alpha value is -2.56. The maximum atomic E-state index is 13.5. The van der Waals surface area contributed by atoms with Crippen molar-refractivity contribution in [1.29, 1.82) is 0 Å². The van der Waals surface area contributed by atoms with E-state index in [9.17, 15) is 13.6 Å². The van der Waals surface area contributed by atoms with Gasteiger partial charge >= 0.3 is 5.76 Å². The lowest BCUT2D eigenvalue weighted by atomic mass is 10.3. The van der Waals surface area contributed by atoms with Crippen LogP contribution in [0.4, 0.5) is 14.6 Å². The van der Waals surface area contributed by atoms with Gasteiger partial charge in [-0.3, -0.25) is 4.52 Å². The van der Waals surface area contributed by atoms with Crippen LogP contribution in [0.2, 0.25) is 0 Å². The zero-order chi connectivity index (χ0) is 15.1. The number of nitrogens with two attached hydrogens (primary N) is 1. The highest BCUT2D eigenvalue weighted by atomic mass is 79.9. The lowest BCUT2D eigenvalue weighted by Gasteiger charge is -2.05. The molecule has 0 aliphatic carbocycles. The summed E-state index contributed by atoms with van der Waals surface area (Å²) in [5.41, 5.74) is 5.40. The van der Waals surface area contributed by atoms with Crippen LogP contribution in [-0.2, 0) is 0 Å². The van der Waals surface area contributed by atoms with Gasteiger partial charge in [-0.05, 0) is 32.3 Å². The van der Waals surface area contributed by atoms with Gasteiger partial charge in [-0.1, -0.05) is 5.16 Å². The molecule has 2 aromatic heterocycles. The van der Waals surface area contributed by atoms with E-state index in [1.165, 1.54) is 6.07 Å². The molecular formula is C10H4BrF2N5O3. The monoisotopic (exact) mass is 359 g/mol. The molecule has 0 spiro atoms. The largest absolute Gasteiger partial charge is 0.446 e. The molecule has 21 heavy (non-hydrogen) atoms. The van der Waals surface area contributed by atoms with Crippen LogP contribution >= 0.6 is 15.9 Å². The van der Waals surface area contributed by atoms with Crippen LogP contribution in [0.15, 0.2) is 30.6 Å². The molecule has 108 valence electrons. The molecule has 0 saturated heterocycles. The number of hydrogen-bond acceptors (Lipinski definition) is 7. The summed E-state index contributed by atoms with van der Waals surface area (Å²) < 4.78 is 36.3. The van der Waals surface area contributed by atoms with Crippen molar-refractivity contribution in [2.75, 3.05) is 5.73 Å². The summed E-state index contributed by atoms with van der Waals surface area (Å²) in [4.78, 5) is 11.7. The number of hydrogen-bond donors (Lipinski definition) is 1. The van der Waals surface area contributed by atoms with Crippen LogP contribution in [0.3, 0.4) is 0 Å². The number of rotatable bonds is 2. The molecule has 2 N–H and O–H groups in total. The highest BCUT2D eigenvalue weighted by Crippen LogP contribution is 2.26. The van der Waals surface area contributed by atoms with Crippen LogP contribution in [0.25, 0.3) is 17.2 Å². The third kappa shape index (κ3) is 2.11. The highest BCUT2D eigenvalue weighted by Gasteiger charge is 2.22. The van der Waals surface area contributed by atoms with E-state index >= 15 is 0 Å². The molecule has 1 aromatic carbocycles. The van der Waals surface area contributed by atoms with Gasteiger partial charge in [0.1, 0.15) is 0 Å². The van der Waals surface area contributed by atoms with Crippen molar-refractivity contribution in [1.82, 2.24) is 20.0 Å². The van der Waals surface area contributed by atoms with E-state index in [4.69, 9.17) is 5.73 Å². The number of nitrogens with zero attached hydrogens (tertiary/aromatic N) is 4. The SMILES string of the molecule is Nc1nonc1-c1noc(=O)n1-c1cc(F)c(F)c(Br)c1. The topological polar surface area (TPSA) is 113 Å². The minimum Gasteiger partial charge on any atom is -0.379 e. The van der Waals surface area contributed by atoms with E-state index in [2.05, 4.69) is 40.6 Å². The van der Waals surface area contributed by atoms with E-state index in [0.717, 1.165) is 10.6 Å². The average molecular weight is 360 g/mol. The summed E-state index contributed by atoms with van der Waals surface area (Å²) in [5.74, 6) is -3.49. The minimum atomic E-state index is -1.16. The Kier molecular flexibility index (Phi) is 3.05. The third-order valence-electron chi connectivity index (χ3n) is 2.56. The van der Waals surface area contributed by atoms with Crippen molar-refractivity contribution >= 4 is 21.7 Å². The second-order valence-electron chi connectivity index (χ2n) is 3.83. The Labute approximate surface area is 122 Å². The number of benzene rings is 1. The lowest BCUT2D eigenvalue weighted by Crippen LogP contribution is -2.14. The van der Waals surface area contributed by atoms with Gasteiger partial charge in [0.2, 0.25) is 5.82 Å². The molecule has 0 atom stereocenters. The van der Waals surface area contributed by atoms with Crippen molar-refractivity contribution in [2.45, 2.75) is 0 Å². The first kappa shape index (κ1) is 13.4. The van der Waals surface area contributed by atoms with Gasteiger partial charge in [-0.25, -0.2) is 22.8 Å². The number of anilines is 1. The highest BCUT2D eigenvalue weighted by molar-refractivity contribution is 9.10. The predicted molar refractivity (Wildman–Crippen MR) is 67.4 cm³/mol. The van der Waals surface area contributed by atoms with Gasteiger partial charge in [0.05, 0.1) is 10.2 Å². The quantitative estimate of drug-likeness (QED) is 0.689. The molecule has 11 heteroatoms. The molecule has 0 saturated carbocycles. The van der Waals surface area contributed by atoms with Crippen molar-refractivity contribution in [2.24, 2.45) is 0 Å². The van der Waals surface area contributed by atoms with Gasteiger partial charge < -0.3 is 5.73 Å². The van der Waals surface area contributed by atoms with Crippen molar-refractivity contribution in [3.05, 3.63) is 38.8 Å². The lowest BCUT2D eigenvalue weighted by molar-refractivity contribution is 0.310. The molecule has 0 bridgehead atoms. The molecule has 0 radical (unpaired) electrons. The maximum Gasteiger partial charge on any atom is 0.446 e. The number of halogens is 3. The molecule has 8 nitrogen and oxygen atoms in total. The number of nitrogen functional groups attached to an aromatic ring is 1. The summed E-state index contributed by atoms with van der Waals surface area (Å²) in [5, 5.41) is 10.3. The fraction of sp³-hybridized carbons (Fsp3) is 0. The molecule has 3 aromatic rings. The van der Waals surface area contributed by atoms with Gasteiger partial charge in [-0.2, -0.15) is 0 Å². The van der Waals surface area contributed by atoms with Crippen molar-refractivity contribution in [3.63, 3.8) is 0 Å². The zero-order valence-corrected chi connectivity index (χ0v) is 11.5. The normalized spacial score (nSPS) is 11.0. The minimum absolute atomic E-state index is 0.0376. The summed E-state index contributed by atoms with van der Waals surface area (Å²) in [6.07, 6.45) is 0. The van der Waals surface area contributed by atoms with Crippen LogP contribution in [0.5, 0.6) is 0 Å². The molecule has 0 unspecified atom stereocenters. The second kappa shape index (κ2) is 4.77. The van der Waals surface area contributed by atoms with Gasteiger partial charge in [0.15, 0.2) is 23.1 Å². The van der Waals surface area contributed by atoms with Gasteiger partial charge in [-0.15, -0.1) is 0 Å². The fourth-order valence-corrected chi connectivity index (χ4v) is 2.07. The molecule has 0 fully saturated rings. The summed E-state index contributed by atoms with van der Waals surface area (Å²) in [6, 6.07) is 1.97. The Morgan fingerprint density at radius 3 is 2.62 bits per heavy atom. The molecular weight excluding hydrogens is 356 g/mol. The zero-order valence-electron chi connectivity index (χ0n) is 9.88. The van der Waals surface area contributed by atoms with Crippen molar-refractivity contribution in [3.8, 4) is 17.2 Å². The standard InChI is InChI=1S/C10H4BrF2N5O3/c11-4-1-3(2-5(12)6(4)13)18-9(17-20-10(18)19)7-8(14)16-21-15-7/h1-2H,(H2,14,16). The Morgan fingerprint density at radius 1 is 1.24 bits per heavy atom. The maximum absolute atomic E-state index is 13.5. The van der Waals surface area contributed by atoms with Crippen LogP contribution < -0.4 is 11.5 Å². The van der Waals surface area contributed by atoms with Crippen LogP contribution in [0, 0.1) is 11.6 Å². The molecule has 3 rings (SSSR count). The van der Waals surface area contributed by atoms with E-state index in [-0.39, 0.29) is 27.5 Å². The van der Waals surface area contributed by atoms with E-state index in [1.807, 2.05) is 0 Å². The van der Waals surface area contributed by atoms with Crippen LogP contribution in [0.1, 0.15) is 0 Å². The Balaban J connectivity index is 2.27. The number of aromatic nitrogens is 4. The molecule has 0 amide bonds. The Morgan fingerprint density at radius 2 is 2.00 bits per heavy atom. The van der Waals surface area contributed by atoms with Gasteiger partial charge in [0, 0.05) is 6.07 Å². The average Bonchev–Trinajstić information content (AvgIpc) is 3.01. The first-order valence-electron chi connectivity index (χ1n) is 5.31. The summed E-state index contributed by atoms with van der Waals surface area (Å²) in [7, 11) is 0. The molecule has 2 heterocycles. The second-order valence-corrected chi connectivity index (χ2v) is 4.68. The predicted octanol–water partition coefficient (Wildman–Crippen LogP) is 1.50. The molecule has 0 aliphatic heterocycles. The first-order chi connectivity index (χ1) is 9.99.